The first-order chi connectivity index (χ1) is 23.8. The third-order valence-corrected chi connectivity index (χ3v) is 8.21. The number of carboxylic acids is 1. The molecule has 18 heteroatoms. The number of amides is 3. The molecule has 3 aromatic rings. The first kappa shape index (κ1) is 36.8. The normalized spacial score (nSPS) is 15.2. The lowest BCUT2D eigenvalue weighted by atomic mass is 10.1. The van der Waals surface area contributed by atoms with E-state index in [2.05, 4.69) is 16.0 Å². The van der Waals surface area contributed by atoms with Gasteiger partial charge in [0.1, 0.15) is 35.1 Å². The van der Waals surface area contributed by atoms with Crippen molar-refractivity contribution in [3.05, 3.63) is 78.7 Å². The molecule has 2 heterocycles. The van der Waals surface area contributed by atoms with E-state index in [1.807, 2.05) is 0 Å². The fourth-order valence-corrected chi connectivity index (χ4v) is 5.72. The van der Waals surface area contributed by atoms with Gasteiger partial charge in [-0.05, 0) is 62.8 Å². The standard InChI is InChI=1S/C32H36N6O12/c1-18(34-28(39)14-19-15-29(40)50-27-17-21(49-2)9-10-22(19)27)31(42)36-13-5-7-25(36)30(41)35-24(32(43)44)6-3-4-12-33-23-11-8-20(37(45)46)16-26(23)38(47)48/h8-11,15-18,24-25,33H,3-7,12-14H2,1-2H3,(H,34,39)(H,35,41)(H,43,44)/t18-,24-,25-/m0/s1. The molecule has 18 nitrogen and oxygen atoms in total. The highest BCUT2D eigenvalue weighted by molar-refractivity contribution is 5.94. The van der Waals surface area contributed by atoms with Crippen LogP contribution in [0.2, 0.25) is 0 Å². The molecule has 1 saturated heterocycles. The number of carboxylic acid groups (broad SMARTS) is 1. The quantitative estimate of drug-likeness (QED) is 0.0728. The molecule has 2 aromatic carbocycles. The van der Waals surface area contributed by atoms with Crippen LogP contribution >= 0.6 is 0 Å². The SMILES string of the molecule is COc1ccc2c(CC(=O)N[C@@H](C)C(=O)N3CCC[C@H]3C(=O)N[C@@H](CCCCNc3ccc([N+](=O)[O-])cc3[N+](=O)[O-])C(=O)O)cc(=O)oc2c1. The molecule has 4 N–H and O–H groups in total. The Morgan fingerprint density at radius 3 is 2.50 bits per heavy atom. The number of benzene rings is 2. The zero-order chi connectivity index (χ0) is 36.5. The number of carbonyl (C=O) groups is 4. The third-order valence-electron chi connectivity index (χ3n) is 8.21. The van der Waals surface area contributed by atoms with Crippen molar-refractivity contribution in [2.24, 2.45) is 0 Å². The summed E-state index contributed by atoms with van der Waals surface area (Å²) in [7, 11) is 1.46. The number of nitro benzene ring substituents is 2. The van der Waals surface area contributed by atoms with Gasteiger partial charge in [-0.3, -0.25) is 34.6 Å². The van der Waals surface area contributed by atoms with Crippen molar-refractivity contribution in [3.63, 3.8) is 0 Å². The minimum Gasteiger partial charge on any atom is -0.497 e. The van der Waals surface area contributed by atoms with E-state index in [1.54, 1.807) is 12.1 Å². The molecule has 3 atom stereocenters. The number of carbonyl (C=O) groups excluding carboxylic acids is 3. The van der Waals surface area contributed by atoms with Crippen LogP contribution in [0.4, 0.5) is 17.1 Å². The predicted molar refractivity (Wildman–Crippen MR) is 177 cm³/mol. The Morgan fingerprint density at radius 2 is 1.82 bits per heavy atom. The van der Waals surface area contributed by atoms with Gasteiger partial charge in [0.2, 0.25) is 17.7 Å². The summed E-state index contributed by atoms with van der Waals surface area (Å²) in [4.78, 5) is 85.6. The molecule has 0 saturated carbocycles. The van der Waals surface area contributed by atoms with Gasteiger partial charge in [-0.15, -0.1) is 0 Å². The second-order valence-electron chi connectivity index (χ2n) is 11.6. The molecule has 1 aromatic heterocycles. The average molecular weight is 697 g/mol. The molecular formula is C32H36N6O12. The second-order valence-corrected chi connectivity index (χ2v) is 11.6. The summed E-state index contributed by atoms with van der Waals surface area (Å²) < 4.78 is 10.4. The smallest absolute Gasteiger partial charge is 0.336 e. The van der Waals surface area contributed by atoms with Crippen molar-refractivity contribution in [1.29, 1.82) is 0 Å². The number of aliphatic carboxylic acids is 1. The van der Waals surface area contributed by atoms with Gasteiger partial charge in [-0.1, -0.05) is 0 Å². The Balaban J connectivity index is 1.29. The van der Waals surface area contributed by atoms with Crippen molar-refractivity contribution >= 4 is 51.7 Å². The predicted octanol–water partition coefficient (Wildman–Crippen LogP) is 2.51. The van der Waals surface area contributed by atoms with Gasteiger partial charge in [0, 0.05) is 36.7 Å². The van der Waals surface area contributed by atoms with E-state index in [0.29, 0.717) is 36.0 Å². The lowest BCUT2D eigenvalue weighted by Crippen LogP contribution is -2.54. The van der Waals surface area contributed by atoms with E-state index in [-0.39, 0.29) is 43.6 Å². The lowest BCUT2D eigenvalue weighted by Gasteiger charge is -2.28. The Kier molecular flexibility index (Phi) is 12.0. The van der Waals surface area contributed by atoms with Crippen LogP contribution in [0, 0.1) is 20.2 Å². The minimum atomic E-state index is -1.28. The molecule has 1 aliphatic heterocycles. The molecule has 0 bridgehead atoms. The highest BCUT2D eigenvalue weighted by Crippen LogP contribution is 2.29. The van der Waals surface area contributed by atoms with E-state index < -0.39 is 68.7 Å². The summed E-state index contributed by atoms with van der Waals surface area (Å²) in [5.74, 6) is -2.55. The van der Waals surface area contributed by atoms with Crippen LogP contribution in [0.5, 0.6) is 5.75 Å². The largest absolute Gasteiger partial charge is 0.497 e. The first-order valence-electron chi connectivity index (χ1n) is 15.7. The molecule has 50 heavy (non-hydrogen) atoms. The van der Waals surface area contributed by atoms with Crippen LogP contribution in [0.3, 0.4) is 0 Å². The van der Waals surface area contributed by atoms with Crippen LogP contribution in [-0.4, -0.2) is 81.9 Å². The topological polar surface area (TPSA) is 254 Å². The number of non-ortho nitro benzene ring substituents is 1. The van der Waals surface area contributed by atoms with Gasteiger partial charge in [0.25, 0.3) is 11.4 Å². The van der Waals surface area contributed by atoms with Gasteiger partial charge in [0.05, 0.1) is 29.4 Å². The Labute approximate surface area is 284 Å². The number of nitrogens with one attached hydrogen (secondary N) is 3. The maximum Gasteiger partial charge on any atom is 0.336 e. The monoisotopic (exact) mass is 696 g/mol. The van der Waals surface area contributed by atoms with E-state index in [9.17, 15) is 49.3 Å². The highest BCUT2D eigenvalue weighted by Gasteiger charge is 2.37. The Bertz CT molecular complexity index is 1860. The molecule has 1 fully saturated rings. The number of likely N-dealkylation sites (tertiary alicyclic amines) is 1. The number of unbranched alkanes of at least 4 members (excludes halogenated alkanes) is 1. The summed E-state index contributed by atoms with van der Waals surface area (Å²) >= 11 is 0. The number of anilines is 1. The van der Waals surface area contributed by atoms with Crippen molar-refractivity contribution in [1.82, 2.24) is 15.5 Å². The van der Waals surface area contributed by atoms with Crippen molar-refractivity contribution in [2.75, 3.05) is 25.5 Å². The van der Waals surface area contributed by atoms with Gasteiger partial charge < -0.3 is 35.1 Å². The molecule has 0 spiro atoms. The van der Waals surface area contributed by atoms with E-state index >= 15 is 0 Å². The van der Waals surface area contributed by atoms with E-state index in [0.717, 1.165) is 12.1 Å². The minimum absolute atomic E-state index is 0.0253. The lowest BCUT2D eigenvalue weighted by molar-refractivity contribution is -0.393. The molecule has 0 aliphatic carbocycles. The Morgan fingerprint density at radius 1 is 1.06 bits per heavy atom. The molecule has 3 amide bonds. The fourth-order valence-electron chi connectivity index (χ4n) is 5.72. The molecule has 1 aliphatic rings. The molecule has 266 valence electrons. The average Bonchev–Trinajstić information content (AvgIpc) is 3.56. The molecule has 4 rings (SSSR count). The Hall–Kier alpha value is -6.07. The summed E-state index contributed by atoms with van der Waals surface area (Å²) in [6.07, 6.45) is 1.23. The van der Waals surface area contributed by atoms with Crippen molar-refractivity contribution < 1.29 is 43.3 Å². The van der Waals surface area contributed by atoms with E-state index in [4.69, 9.17) is 9.15 Å². The van der Waals surface area contributed by atoms with Crippen LogP contribution in [0.15, 0.2) is 51.7 Å². The number of hydrogen-bond acceptors (Lipinski definition) is 12. The summed E-state index contributed by atoms with van der Waals surface area (Å²) in [5.41, 5.74) is -0.868. The molecule has 0 radical (unpaired) electrons. The zero-order valence-corrected chi connectivity index (χ0v) is 27.2. The van der Waals surface area contributed by atoms with Crippen LogP contribution < -0.4 is 26.3 Å². The number of hydrogen-bond donors (Lipinski definition) is 4. The first-order valence-corrected chi connectivity index (χ1v) is 15.7. The van der Waals surface area contributed by atoms with E-state index in [1.165, 1.54) is 37.1 Å². The van der Waals surface area contributed by atoms with Crippen LogP contribution in [0.25, 0.3) is 11.0 Å². The van der Waals surface area contributed by atoms with Crippen molar-refractivity contribution in [2.45, 2.75) is 63.6 Å². The maximum absolute atomic E-state index is 13.3. The van der Waals surface area contributed by atoms with Gasteiger partial charge >= 0.3 is 11.6 Å². The number of ether oxygens (including phenoxy) is 1. The van der Waals surface area contributed by atoms with Gasteiger partial charge in [-0.2, -0.15) is 0 Å². The number of nitro groups is 2. The van der Waals surface area contributed by atoms with Crippen LogP contribution in [0.1, 0.15) is 44.6 Å². The van der Waals surface area contributed by atoms with Gasteiger partial charge in [0.15, 0.2) is 0 Å². The summed E-state index contributed by atoms with van der Waals surface area (Å²) in [5, 5.41) is 40.5. The zero-order valence-electron chi connectivity index (χ0n) is 27.2. The summed E-state index contributed by atoms with van der Waals surface area (Å²) in [6, 6.07) is 5.96. The maximum atomic E-state index is 13.3. The van der Waals surface area contributed by atoms with Crippen LogP contribution in [-0.2, 0) is 25.6 Å². The highest BCUT2D eigenvalue weighted by atomic mass is 16.6. The second kappa shape index (κ2) is 16.4. The number of methoxy groups -OCH3 is 1. The van der Waals surface area contributed by atoms with Gasteiger partial charge in [-0.25, -0.2) is 9.59 Å². The molecule has 0 unspecified atom stereocenters. The fraction of sp³-hybridized carbons (Fsp3) is 0.406. The summed E-state index contributed by atoms with van der Waals surface area (Å²) in [6.45, 7) is 1.88. The number of fused-ring (bicyclic) bond motifs is 1. The number of nitrogens with zero attached hydrogens (tertiary/aromatic N) is 3. The van der Waals surface area contributed by atoms with Crippen molar-refractivity contribution in [3.8, 4) is 5.75 Å². The number of rotatable bonds is 16. The third kappa shape index (κ3) is 9.09. The molecular weight excluding hydrogens is 660 g/mol.